The predicted octanol–water partition coefficient (Wildman–Crippen LogP) is 1.23. The van der Waals surface area contributed by atoms with E-state index >= 15 is 0 Å². The maximum Gasteiger partial charge on any atom is 0.251 e. The number of hydrogen-bond donors (Lipinski definition) is 3. The summed E-state index contributed by atoms with van der Waals surface area (Å²) in [5, 5.41) is 12.0. The van der Waals surface area contributed by atoms with Crippen LogP contribution in [-0.4, -0.2) is 37.3 Å². The van der Waals surface area contributed by atoms with Crippen LogP contribution < -0.4 is 16.0 Å². The van der Waals surface area contributed by atoms with Gasteiger partial charge < -0.3 is 21.1 Å². The van der Waals surface area contributed by atoms with Crippen molar-refractivity contribution in [3.8, 4) is 0 Å². The Morgan fingerprint density at radius 3 is 2.74 bits per heavy atom. The zero-order valence-corrected chi connectivity index (χ0v) is 11.8. The molecule has 1 rings (SSSR count). The van der Waals surface area contributed by atoms with Crippen LogP contribution in [0.4, 0.5) is 11.4 Å². The molecule has 0 bridgehead atoms. The normalized spacial score (nSPS) is 12.0. The average molecular weight is 265 g/mol. The number of nitrogens with zero attached hydrogens (tertiary/aromatic N) is 1. The second-order valence-electron chi connectivity index (χ2n) is 4.69. The summed E-state index contributed by atoms with van der Waals surface area (Å²) in [7, 11) is 1.92. The summed E-state index contributed by atoms with van der Waals surface area (Å²) in [6.45, 7) is 4.94. The van der Waals surface area contributed by atoms with E-state index in [1.165, 1.54) is 0 Å². The quantitative estimate of drug-likeness (QED) is 0.676. The molecule has 1 unspecified atom stereocenters. The van der Waals surface area contributed by atoms with Gasteiger partial charge in [0.2, 0.25) is 0 Å². The highest BCUT2D eigenvalue weighted by atomic mass is 16.3. The van der Waals surface area contributed by atoms with E-state index in [1.807, 2.05) is 24.9 Å². The zero-order valence-electron chi connectivity index (χ0n) is 11.8. The van der Waals surface area contributed by atoms with Gasteiger partial charge in [0.15, 0.2) is 0 Å². The highest BCUT2D eigenvalue weighted by Gasteiger charge is 2.10. The Kier molecular flexibility index (Phi) is 5.63. The molecular formula is C14H23N3O2. The fourth-order valence-corrected chi connectivity index (χ4v) is 1.81. The second kappa shape index (κ2) is 6.99. The Morgan fingerprint density at radius 2 is 2.21 bits per heavy atom. The molecule has 5 heteroatoms. The maximum atomic E-state index is 11.7. The van der Waals surface area contributed by atoms with E-state index in [2.05, 4.69) is 5.32 Å². The standard InChI is InChI=1S/C14H23N3O2/c1-4-16-14(19)11-5-6-13(12(15)9-11)17(3)8-7-10(2)18/h5-6,9-10,18H,4,7-8,15H2,1-3H3,(H,16,19). The smallest absolute Gasteiger partial charge is 0.251 e. The molecule has 1 atom stereocenters. The molecule has 0 aliphatic heterocycles. The topological polar surface area (TPSA) is 78.6 Å². The zero-order chi connectivity index (χ0) is 14.4. The number of nitrogen functional groups attached to an aromatic ring is 1. The van der Waals surface area contributed by atoms with Crippen LogP contribution in [0.1, 0.15) is 30.6 Å². The van der Waals surface area contributed by atoms with Crippen molar-refractivity contribution in [3.63, 3.8) is 0 Å². The maximum absolute atomic E-state index is 11.7. The summed E-state index contributed by atoms with van der Waals surface area (Å²) in [4.78, 5) is 13.7. The molecule has 0 saturated heterocycles. The van der Waals surface area contributed by atoms with Gasteiger partial charge in [-0.05, 0) is 38.5 Å². The molecule has 0 radical (unpaired) electrons. The summed E-state index contributed by atoms with van der Waals surface area (Å²) in [5.74, 6) is -0.118. The molecule has 0 spiro atoms. The minimum Gasteiger partial charge on any atom is -0.397 e. The molecule has 0 saturated carbocycles. The van der Waals surface area contributed by atoms with Crippen molar-refractivity contribution in [1.29, 1.82) is 0 Å². The second-order valence-corrected chi connectivity index (χ2v) is 4.69. The van der Waals surface area contributed by atoms with E-state index in [-0.39, 0.29) is 12.0 Å². The Bertz CT molecular complexity index is 433. The molecule has 106 valence electrons. The minimum atomic E-state index is -0.335. The van der Waals surface area contributed by atoms with E-state index in [1.54, 1.807) is 19.1 Å². The molecule has 19 heavy (non-hydrogen) atoms. The molecule has 0 fully saturated rings. The lowest BCUT2D eigenvalue weighted by molar-refractivity contribution is 0.0956. The monoisotopic (exact) mass is 265 g/mol. The van der Waals surface area contributed by atoms with Crippen LogP contribution in [0.15, 0.2) is 18.2 Å². The van der Waals surface area contributed by atoms with E-state index in [0.29, 0.717) is 30.8 Å². The van der Waals surface area contributed by atoms with Crippen molar-refractivity contribution in [2.24, 2.45) is 0 Å². The Balaban J connectivity index is 2.79. The molecule has 1 aromatic carbocycles. The first-order valence-corrected chi connectivity index (χ1v) is 6.52. The van der Waals surface area contributed by atoms with Crippen LogP contribution in [0, 0.1) is 0 Å². The lowest BCUT2D eigenvalue weighted by Gasteiger charge is -2.22. The van der Waals surface area contributed by atoms with Gasteiger partial charge in [-0.2, -0.15) is 0 Å². The van der Waals surface area contributed by atoms with Gasteiger partial charge in [0.05, 0.1) is 17.5 Å². The molecule has 0 aromatic heterocycles. The predicted molar refractivity (Wildman–Crippen MR) is 78.4 cm³/mol. The van der Waals surface area contributed by atoms with Crippen LogP contribution in [0.5, 0.6) is 0 Å². The van der Waals surface area contributed by atoms with E-state index < -0.39 is 0 Å². The van der Waals surface area contributed by atoms with Crippen LogP contribution >= 0.6 is 0 Å². The molecule has 1 amide bonds. The van der Waals surface area contributed by atoms with Gasteiger partial charge in [0.1, 0.15) is 0 Å². The van der Waals surface area contributed by atoms with Crippen molar-refractivity contribution in [1.82, 2.24) is 5.32 Å². The summed E-state index contributed by atoms with van der Waals surface area (Å²) in [6.07, 6.45) is 0.340. The third kappa shape index (κ3) is 4.44. The lowest BCUT2D eigenvalue weighted by atomic mass is 10.1. The summed E-state index contributed by atoms with van der Waals surface area (Å²) in [5.41, 5.74) is 7.98. The van der Waals surface area contributed by atoms with Gasteiger partial charge in [-0.1, -0.05) is 0 Å². The molecule has 5 nitrogen and oxygen atoms in total. The highest BCUT2D eigenvalue weighted by molar-refractivity contribution is 5.96. The number of rotatable bonds is 6. The molecular weight excluding hydrogens is 242 g/mol. The Hall–Kier alpha value is -1.75. The van der Waals surface area contributed by atoms with Crippen LogP contribution in [-0.2, 0) is 0 Å². The number of carbonyl (C=O) groups is 1. The fraction of sp³-hybridized carbons (Fsp3) is 0.500. The SMILES string of the molecule is CCNC(=O)c1ccc(N(C)CCC(C)O)c(N)c1. The third-order valence-electron chi connectivity index (χ3n) is 2.92. The summed E-state index contributed by atoms with van der Waals surface area (Å²) < 4.78 is 0. The van der Waals surface area contributed by atoms with Gasteiger partial charge in [-0.25, -0.2) is 0 Å². The number of carbonyl (C=O) groups excluding carboxylic acids is 1. The number of hydrogen-bond acceptors (Lipinski definition) is 4. The molecule has 0 aliphatic rings. The minimum absolute atomic E-state index is 0.118. The number of aliphatic hydroxyl groups is 1. The van der Waals surface area contributed by atoms with Crippen molar-refractivity contribution >= 4 is 17.3 Å². The van der Waals surface area contributed by atoms with Gasteiger partial charge in [-0.15, -0.1) is 0 Å². The van der Waals surface area contributed by atoms with E-state index in [0.717, 1.165) is 5.69 Å². The third-order valence-corrected chi connectivity index (χ3v) is 2.92. The molecule has 1 aromatic rings. The number of benzene rings is 1. The first-order chi connectivity index (χ1) is 8.95. The van der Waals surface area contributed by atoms with Crippen molar-refractivity contribution in [2.75, 3.05) is 30.8 Å². The molecule has 4 N–H and O–H groups in total. The van der Waals surface area contributed by atoms with Crippen molar-refractivity contribution < 1.29 is 9.90 Å². The summed E-state index contributed by atoms with van der Waals surface area (Å²) in [6, 6.07) is 5.27. The number of aliphatic hydroxyl groups excluding tert-OH is 1. The lowest BCUT2D eigenvalue weighted by Crippen LogP contribution is -2.24. The first kappa shape index (κ1) is 15.3. The summed E-state index contributed by atoms with van der Waals surface area (Å²) >= 11 is 0. The molecule has 0 aliphatic carbocycles. The highest BCUT2D eigenvalue weighted by Crippen LogP contribution is 2.23. The number of nitrogens with two attached hydrogens (primary N) is 1. The van der Waals surface area contributed by atoms with Gasteiger partial charge in [-0.3, -0.25) is 4.79 Å². The van der Waals surface area contributed by atoms with Gasteiger partial charge >= 0.3 is 0 Å². The van der Waals surface area contributed by atoms with Crippen LogP contribution in [0.25, 0.3) is 0 Å². The number of amides is 1. The van der Waals surface area contributed by atoms with Crippen LogP contribution in [0.3, 0.4) is 0 Å². The Labute approximate surface area is 114 Å². The molecule has 0 heterocycles. The fourth-order valence-electron chi connectivity index (χ4n) is 1.81. The van der Waals surface area contributed by atoms with E-state index in [9.17, 15) is 9.90 Å². The van der Waals surface area contributed by atoms with E-state index in [4.69, 9.17) is 5.73 Å². The van der Waals surface area contributed by atoms with Crippen molar-refractivity contribution in [3.05, 3.63) is 23.8 Å². The van der Waals surface area contributed by atoms with Crippen LogP contribution in [0.2, 0.25) is 0 Å². The van der Waals surface area contributed by atoms with Crippen molar-refractivity contribution in [2.45, 2.75) is 26.4 Å². The Morgan fingerprint density at radius 1 is 1.53 bits per heavy atom. The number of anilines is 2. The van der Waals surface area contributed by atoms with Gasteiger partial charge in [0.25, 0.3) is 5.91 Å². The first-order valence-electron chi connectivity index (χ1n) is 6.52. The van der Waals surface area contributed by atoms with Gasteiger partial charge in [0, 0.05) is 25.7 Å². The number of nitrogens with one attached hydrogen (secondary N) is 1. The average Bonchev–Trinajstić information content (AvgIpc) is 2.36. The largest absolute Gasteiger partial charge is 0.397 e.